The van der Waals surface area contributed by atoms with E-state index in [1.165, 1.54) is 6.07 Å². The van der Waals surface area contributed by atoms with Gasteiger partial charge in [0.15, 0.2) is 0 Å². The van der Waals surface area contributed by atoms with Crippen LogP contribution in [0.4, 0.5) is 4.39 Å². The molecule has 2 rings (SSSR count). The van der Waals surface area contributed by atoms with Crippen molar-refractivity contribution >= 4 is 27.7 Å². The van der Waals surface area contributed by atoms with E-state index < -0.39 is 6.04 Å². The highest BCUT2D eigenvalue weighted by molar-refractivity contribution is 9.10. The lowest BCUT2D eigenvalue weighted by Gasteiger charge is -2.11. The van der Waals surface area contributed by atoms with Crippen LogP contribution in [-0.2, 0) is 16.1 Å². The lowest BCUT2D eigenvalue weighted by atomic mass is 10.2. The predicted molar refractivity (Wildman–Crippen MR) is 67.1 cm³/mol. The van der Waals surface area contributed by atoms with Crippen molar-refractivity contribution in [3.8, 4) is 0 Å². The van der Waals surface area contributed by atoms with Crippen LogP contribution in [0.5, 0.6) is 0 Å². The maximum absolute atomic E-state index is 13.2. The van der Waals surface area contributed by atoms with Gasteiger partial charge in [-0.25, -0.2) is 4.39 Å². The van der Waals surface area contributed by atoms with E-state index in [0.29, 0.717) is 22.9 Å². The molecule has 1 saturated heterocycles. The molecule has 0 aromatic heterocycles. The highest BCUT2D eigenvalue weighted by atomic mass is 79.9. The number of amides is 2. The number of carbonyl (C=O) groups is 2. The van der Waals surface area contributed by atoms with Crippen LogP contribution in [0.15, 0.2) is 22.7 Å². The molecular weight excluding hydrogens is 303 g/mol. The molecule has 1 aromatic carbocycles. The molecule has 1 atom stereocenters. The summed E-state index contributed by atoms with van der Waals surface area (Å²) in [6.07, 6.45) is 0.893. The van der Waals surface area contributed by atoms with Crippen molar-refractivity contribution in [3.05, 3.63) is 34.1 Å². The highest BCUT2D eigenvalue weighted by Crippen LogP contribution is 2.16. The molecule has 1 aliphatic heterocycles. The molecule has 0 aliphatic carbocycles. The molecule has 1 fully saturated rings. The van der Waals surface area contributed by atoms with Crippen molar-refractivity contribution in [3.63, 3.8) is 0 Å². The second-order valence-corrected chi connectivity index (χ2v) is 4.98. The van der Waals surface area contributed by atoms with E-state index in [0.717, 1.165) is 0 Å². The molecule has 0 radical (unpaired) electrons. The molecule has 1 aliphatic rings. The van der Waals surface area contributed by atoms with Gasteiger partial charge in [0.1, 0.15) is 11.9 Å². The van der Waals surface area contributed by atoms with E-state index in [-0.39, 0.29) is 24.2 Å². The molecular formula is C12H12BrFN2O2. The molecule has 0 unspecified atom stereocenters. The van der Waals surface area contributed by atoms with Crippen molar-refractivity contribution in [2.24, 2.45) is 0 Å². The van der Waals surface area contributed by atoms with Crippen LogP contribution in [0.2, 0.25) is 0 Å². The number of halogens is 2. The Morgan fingerprint density at radius 2 is 2.33 bits per heavy atom. The van der Waals surface area contributed by atoms with Crippen LogP contribution in [0, 0.1) is 5.82 Å². The van der Waals surface area contributed by atoms with Gasteiger partial charge in [-0.2, -0.15) is 0 Å². The van der Waals surface area contributed by atoms with Gasteiger partial charge in [0.05, 0.1) is 4.47 Å². The summed E-state index contributed by atoms with van der Waals surface area (Å²) in [6.45, 7) is 0.245. The maximum atomic E-state index is 13.2. The minimum Gasteiger partial charge on any atom is -0.350 e. The number of hydrogen-bond donors (Lipinski definition) is 2. The molecule has 0 bridgehead atoms. The van der Waals surface area contributed by atoms with Gasteiger partial charge in [-0.1, -0.05) is 6.07 Å². The first-order chi connectivity index (χ1) is 8.56. The Hall–Kier alpha value is -1.43. The molecule has 18 heavy (non-hydrogen) atoms. The zero-order valence-electron chi connectivity index (χ0n) is 9.50. The SMILES string of the molecule is O=C1CC[C@H](C(=O)NCc2ccc(Br)c(F)c2)N1. The lowest BCUT2D eigenvalue weighted by molar-refractivity contribution is -0.125. The van der Waals surface area contributed by atoms with Crippen molar-refractivity contribution in [1.82, 2.24) is 10.6 Å². The summed E-state index contributed by atoms with van der Waals surface area (Å²) in [7, 11) is 0. The molecule has 1 aromatic rings. The Labute approximate surface area is 112 Å². The number of hydrogen-bond acceptors (Lipinski definition) is 2. The Bertz CT molecular complexity index is 493. The van der Waals surface area contributed by atoms with Crippen LogP contribution in [0.25, 0.3) is 0 Å². The molecule has 96 valence electrons. The second kappa shape index (κ2) is 5.48. The second-order valence-electron chi connectivity index (χ2n) is 4.13. The summed E-state index contributed by atoms with van der Waals surface area (Å²) in [4.78, 5) is 22.7. The number of benzene rings is 1. The van der Waals surface area contributed by atoms with Crippen LogP contribution < -0.4 is 10.6 Å². The van der Waals surface area contributed by atoms with Gasteiger partial charge in [0.25, 0.3) is 0 Å². The van der Waals surface area contributed by atoms with Crippen molar-refractivity contribution < 1.29 is 14.0 Å². The molecule has 0 spiro atoms. The van der Waals surface area contributed by atoms with Crippen molar-refractivity contribution in [2.75, 3.05) is 0 Å². The van der Waals surface area contributed by atoms with E-state index in [1.54, 1.807) is 12.1 Å². The average Bonchev–Trinajstić information content (AvgIpc) is 2.77. The topological polar surface area (TPSA) is 58.2 Å². The fraction of sp³-hybridized carbons (Fsp3) is 0.333. The fourth-order valence-corrected chi connectivity index (χ4v) is 2.02. The number of carbonyl (C=O) groups excluding carboxylic acids is 2. The molecule has 1 heterocycles. The summed E-state index contributed by atoms with van der Waals surface area (Å²) < 4.78 is 13.6. The first kappa shape index (κ1) is 13.0. The first-order valence-corrected chi connectivity index (χ1v) is 6.36. The average molecular weight is 315 g/mol. The predicted octanol–water partition coefficient (Wildman–Crippen LogP) is 1.48. The monoisotopic (exact) mass is 314 g/mol. The van der Waals surface area contributed by atoms with E-state index in [2.05, 4.69) is 26.6 Å². The standard InChI is InChI=1S/C12H12BrFN2O2/c13-8-2-1-7(5-9(8)14)6-15-12(18)10-3-4-11(17)16-10/h1-2,5,10H,3-4,6H2,(H,15,18)(H,16,17)/t10-/m1/s1. The third-order valence-corrected chi connectivity index (χ3v) is 3.41. The Balaban J connectivity index is 1.89. The molecule has 6 heteroatoms. The van der Waals surface area contributed by atoms with Gasteiger partial charge >= 0.3 is 0 Å². The summed E-state index contributed by atoms with van der Waals surface area (Å²) >= 11 is 3.06. The Morgan fingerprint density at radius 3 is 2.94 bits per heavy atom. The fourth-order valence-electron chi connectivity index (χ4n) is 1.77. The van der Waals surface area contributed by atoms with Crippen molar-refractivity contribution in [1.29, 1.82) is 0 Å². The van der Waals surface area contributed by atoms with Crippen LogP contribution >= 0.6 is 15.9 Å². The van der Waals surface area contributed by atoms with E-state index in [9.17, 15) is 14.0 Å². The molecule has 2 amide bonds. The smallest absolute Gasteiger partial charge is 0.242 e. The van der Waals surface area contributed by atoms with Gasteiger partial charge < -0.3 is 10.6 Å². The third-order valence-electron chi connectivity index (χ3n) is 2.76. The highest BCUT2D eigenvalue weighted by Gasteiger charge is 2.26. The maximum Gasteiger partial charge on any atom is 0.242 e. The van der Waals surface area contributed by atoms with E-state index in [1.807, 2.05) is 0 Å². The van der Waals surface area contributed by atoms with Gasteiger partial charge in [0.2, 0.25) is 11.8 Å². The Kier molecular flexibility index (Phi) is 3.96. The lowest BCUT2D eigenvalue weighted by Crippen LogP contribution is -2.41. The zero-order chi connectivity index (χ0) is 13.1. The van der Waals surface area contributed by atoms with Gasteiger partial charge in [-0.3, -0.25) is 9.59 Å². The van der Waals surface area contributed by atoms with Crippen LogP contribution in [0.3, 0.4) is 0 Å². The molecule has 0 saturated carbocycles. The van der Waals surface area contributed by atoms with Crippen LogP contribution in [-0.4, -0.2) is 17.9 Å². The summed E-state index contributed by atoms with van der Waals surface area (Å²) in [6, 6.07) is 4.21. The van der Waals surface area contributed by atoms with E-state index >= 15 is 0 Å². The molecule has 4 nitrogen and oxygen atoms in total. The Morgan fingerprint density at radius 1 is 1.56 bits per heavy atom. The summed E-state index contributed by atoms with van der Waals surface area (Å²) in [5.41, 5.74) is 0.674. The van der Waals surface area contributed by atoms with Gasteiger partial charge in [-0.15, -0.1) is 0 Å². The quantitative estimate of drug-likeness (QED) is 0.888. The minimum absolute atomic E-state index is 0.107. The van der Waals surface area contributed by atoms with Gasteiger partial charge in [0, 0.05) is 13.0 Å². The van der Waals surface area contributed by atoms with E-state index in [4.69, 9.17) is 0 Å². The number of nitrogens with one attached hydrogen (secondary N) is 2. The first-order valence-electron chi connectivity index (χ1n) is 5.57. The summed E-state index contributed by atoms with van der Waals surface area (Å²) in [5.74, 6) is -0.704. The molecule has 2 N–H and O–H groups in total. The third kappa shape index (κ3) is 3.07. The minimum atomic E-state index is -0.460. The number of rotatable bonds is 3. The van der Waals surface area contributed by atoms with Crippen molar-refractivity contribution in [2.45, 2.75) is 25.4 Å². The zero-order valence-corrected chi connectivity index (χ0v) is 11.1. The summed E-state index contributed by atoms with van der Waals surface area (Å²) in [5, 5.41) is 5.25. The van der Waals surface area contributed by atoms with Gasteiger partial charge in [-0.05, 0) is 40.0 Å². The van der Waals surface area contributed by atoms with Crippen LogP contribution in [0.1, 0.15) is 18.4 Å². The largest absolute Gasteiger partial charge is 0.350 e. The normalized spacial score (nSPS) is 18.6.